The number of carbonyl (C=O) groups excluding carboxylic acids is 1. The number of ether oxygens (including phenoxy) is 3. The van der Waals surface area contributed by atoms with Gasteiger partial charge < -0.3 is 19.5 Å². The second kappa shape index (κ2) is 9.12. The van der Waals surface area contributed by atoms with Crippen LogP contribution in [0.25, 0.3) is 0 Å². The van der Waals surface area contributed by atoms with Crippen molar-refractivity contribution in [1.82, 2.24) is 5.32 Å². The molecule has 0 unspecified atom stereocenters. The van der Waals surface area contributed by atoms with Crippen molar-refractivity contribution < 1.29 is 27.8 Å². The number of hydrogen-bond donors (Lipinski definition) is 1. The minimum atomic E-state index is -2.91. The average molecular weight is 303 g/mol. The van der Waals surface area contributed by atoms with Crippen LogP contribution in [0.3, 0.4) is 0 Å². The highest BCUT2D eigenvalue weighted by atomic mass is 19.3. The number of benzene rings is 1. The number of esters is 1. The Kier molecular flexibility index (Phi) is 7.45. The largest absolute Gasteiger partial charge is 0.490 e. The molecule has 7 heteroatoms. The number of hydrogen-bond acceptors (Lipinski definition) is 5. The first-order chi connectivity index (χ1) is 10.1. The fourth-order valence-electron chi connectivity index (χ4n) is 1.64. The summed E-state index contributed by atoms with van der Waals surface area (Å²) in [5, 5.41) is 2.90. The molecule has 0 aliphatic heterocycles. The summed E-state index contributed by atoms with van der Waals surface area (Å²) in [6.07, 6.45) is 0. The van der Waals surface area contributed by atoms with Gasteiger partial charge in [0.15, 0.2) is 11.5 Å². The molecule has 0 aliphatic carbocycles. The minimum absolute atomic E-state index is 0.0130. The fourth-order valence-corrected chi connectivity index (χ4v) is 1.64. The third-order valence-electron chi connectivity index (χ3n) is 2.43. The van der Waals surface area contributed by atoms with Crippen LogP contribution in [0.1, 0.15) is 19.4 Å². The Labute approximate surface area is 122 Å². The summed E-state index contributed by atoms with van der Waals surface area (Å²) < 4.78 is 38.9. The zero-order valence-corrected chi connectivity index (χ0v) is 12.0. The molecule has 0 aliphatic rings. The molecule has 1 aromatic carbocycles. The Morgan fingerprint density at radius 3 is 2.62 bits per heavy atom. The van der Waals surface area contributed by atoms with E-state index in [-0.39, 0.29) is 24.0 Å². The summed E-state index contributed by atoms with van der Waals surface area (Å²) in [6, 6.07) is 4.64. The highest BCUT2D eigenvalue weighted by molar-refractivity contribution is 5.71. The van der Waals surface area contributed by atoms with Crippen molar-refractivity contribution in [3.8, 4) is 11.5 Å². The van der Waals surface area contributed by atoms with Crippen LogP contribution in [0.15, 0.2) is 18.2 Å². The van der Waals surface area contributed by atoms with Gasteiger partial charge in [0, 0.05) is 6.54 Å². The van der Waals surface area contributed by atoms with E-state index in [2.05, 4.69) is 10.1 Å². The Hall–Kier alpha value is -1.89. The maximum atomic E-state index is 12.3. The van der Waals surface area contributed by atoms with Crippen LogP contribution in [0, 0.1) is 0 Å². The van der Waals surface area contributed by atoms with Gasteiger partial charge in [0.05, 0.1) is 19.8 Å². The molecule has 0 heterocycles. The number of halogens is 2. The van der Waals surface area contributed by atoms with E-state index >= 15 is 0 Å². The fraction of sp³-hybridized carbons (Fsp3) is 0.500. The van der Waals surface area contributed by atoms with E-state index in [1.54, 1.807) is 26.0 Å². The second-order valence-electron chi connectivity index (χ2n) is 4.00. The van der Waals surface area contributed by atoms with Gasteiger partial charge in [0.2, 0.25) is 0 Å². The molecule has 1 rings (SSSR count). The van der Waals surface area contributed by atoms with Gasteiger partial charge in [-0.1, -0.05) is 6.07 Å². The van der Waals surface area contributed by atoms with E-state index < -0.39 is 6.61 Å². The predicted octanol–water partition coefficient (Wildman–Crippen LogP) is 2.34. The first-order valence-electron chi connectivity index (χ1n) is 6.63. The SMILES string of the molecule is CCOC(=O)CNCc1ccc(OC(F)F)c(OCC)c1. The van der Waals surface area contributed by atoms with Gasteiger partial charge in [-0.05, 0) is 31.5 Å². The van der Waals surface area contributed by atoms with Gasteiger partial charge in [-0.2, -0.15) is 8.78 Å². The van der Waals surface area contributed by atoms with Gasteiger partial charge >= 0.3 is 12.6 Å². The highest BCUT2D eigenvalue weighted by Crippen LogP contribution is 2.29. The van der Waals surface area contributed by atoms with Crippen molar-refractivity contribution in [1.29, 1.82) is 0 Å². The first-order valence-corrected chi connectivity index (χ1v) is 6.63. The van der Waals surface area contributed by atoms with E-state index in [0.717, 1.165) is 5.56 Å². The van der Waals surface area contributed by atoms with Crippen LogP contribution in [-0.2, 0) is 16.1 Å². The normalized spacial score (nSPS) is 10.5. The number of rotatable bonds is 9. The standard InChI is InChI=1S/C14H19F2NO4/c1-3-19-12-7-10(5-6-11(12)21-14(15)16)8-17-9-13(18)20-4-2/h5-7,14,17H,3-4,8-9H2,1-2H3. The van der Waals surface area contributed by atoms with E-state index in [0.29, 0.717) is 19.8 Å². The minimum Gasteiger partial charge on any atom is -0.490 e. The lowest BCUT2D eigenvalue weighted by Gasteiger charge is -2.13. The third-order valence-corrected chi connectivity index (χ3v) is 2.43. The molecule has 0 fully saturated rings. The van der Waals surface area contributed by atoms with Gasteiger partial charge in [-0.25, -0.2) is 0 Å². The number of nitrogens with one attached hydrogen (secondary N) is 1. The summed E-state index contributed by atoms with van der Waals surface area (Å²) in [6.45, 7) is 1.69. The molecule has 0 bridgehead atoms. The molecule has 5 nitrogen and oxygen atoms in total. The monoisotopic (exact) mass is 303 g/mol. The van der Waals surface area contributed by atoms with E-state index in [1.807, 2.05) is 0 Å². The van der Waals surface area contributed by atoms with E-state index in [1.165, 1.54) is 6.07 Å². The summed E-state index contributed by atoms with van der Waals surface area (Å²) in [7, 11) is 0. The maximum absolute atomic E-state index is 12.3. The summed E-state index contributed by atoms with van der Waals surface area (Å²) >= 11 is 0. The van der Waals surface area contributed by atoms with Gasteiger partial charge in [0.25, 0.3) is 0 Å². The Morgan fingerprint density at radius 2 is 2.00 bits per heavy atom. The second-order valence-corrected chi connectivity index (χ2v) is 4.00. The molecule has 0 radical (unpaired) electrons. The van der Waals surface area contributed by atoms with Gasteiger partial charge in [-0.15, -0.1) is 0 Å². The van der Waals surface area contributed by atoms with Crippen LogP contribution in [-0.4, -0.2) is 32.3 Å². The van der Waals surface area contributed by atoms with E-state index in [4.69, 9.17) is 9.47 Å². The van der Waals surface area contributed by atoms with Crippen molar-refractivity contribution in [3.05, 3.63) is 23.8 Å². The number of alkyl halides is 2. The van der Waals surface area contributed by atoms with Crippen molar-refractivity contribution >= 4 is 5.97 Å². The summed E-state index contributed by atoms with van der Waals surface area (Å²) in [5.41, 5.74) is 0.782. The molecule has 0 aromatic heterocycles. The molecule has 21 heavy (non-hydrogen) atoms. The highest BCUT2D eigenvalue weighted by Gasteiger charge is 2.11. The van der Waals surface area contributed by atoms with Crippen molar-refractivity contribution in [2.24, 2.45) is 0 Å². The smallest absolute Gasteiger partial charge is 0.387 e. The van der Waals surface area contributed by atoms with Crippen LogP contribution in [0.5, 0.6) is 11.5 Å². The number of carbonyl (C=O) groups is 1. The Balaban J connectivity index is 2.62. The molecule has 1 N–H and O–H groups in total. The lowest BCUT2D eigenvalue weighted by atomic mass is 10.2. The molecule has 118 valence electrons. The molecule has 1 aromatic rings. The molecule has 0 spiro atoms. The molecular weight excluding hydrogens is 284 g/mol. The molecule has 0 saturated heterocycles. The topological polar surface area (TPSA) is 56.8 Å². The van der Waals surface area contributed by atoms with Gasteiger partial charge in [-0.3, -0.25) is 4.79 Å². The molecular formula is C14H19F2NO4. The van der Waals surface area contributed by atoms with Crippen LogP contribution < -0.4 is 14.8 Å². The van der Waals surface area contributed by atoms with Crippen LogP contribution in [0.2, 0.25) is 0 Å². The first kappa shape index (κ1) is 17.2. The predicted molar refractivity (Wildman–Crippen MR) is 72.6 cm³/mol. The maximum Gasteiger partial charge on any atom is 0.387 e. The van der Waals surface area contributed by atoms with E-state index in [9.17, 15) is 13.6 Å². The third kappa shape index (κ3) is 6.40. The molecule has 0 atom stereocenters. The quantitative estimate of drug-likeness (QED) is 0.710. The van der Waals surface area contributed by atoms with Crippen LogP contribution >= 0.6 is 0 Å². The van der Waals surface area contributed by atoms with Crippen molar-refractivity contribution in [2.45, 2.75) is 27.0 Å². The lowest BCUT2D eigenvalue weighted by molar-refractivity contribution is -0.142. The average Bonchev–Trinajstić information content (AvgIpc) is 2.41. The lowest BCUT2D eigenvalue weighted by Crippen LogP contribution is -2.24. The van der Waals surface area contributed by atoms with Crippen molar-refractivity contribution in [3.63, 3.8) is 0 Å². The molecule has 0 amide bonds. The van der Waals surface area contributed by atoms with Gasteiger partial charge in [0.1, 0.15) is 0 Å². The Bertz CT molecular complexity index is 455. The Morgan fingerprint density at radius 1 is 1.24 bits per heavy atom. The summed E-state index contributed by atoms with van der Waals surface area (Å²) in [5.74, 6) is -0.116. The van der Waals surface area contributed by atoms with Crippen LogP contribution in [0.4, 0.5) is 8.78 Å². The summed E-state index contributed by atoms with van der Waals surface area (Å²) in [4.78, 5) is 11.2. The molecule has 0 saturated carbocycles. The zero-order chi connectivity index (χ0) is 15.7. The van der Waals surface area contributed by atoms with Crippen molar-refractivity contribution in [2.75, 3.05) is 19.8 Å². The zero-order valence-electron chi connectivity index (χ0n) is 12.0.